The zero-order valence-electron chi connectivity index (χ0n) is 19.6. The Bertz CT molecular complexity index is 1220. The first-order valence-corrected chi connectivity index (χ1v) is 14.0. The standard InChI is InChI=1S/C26H30N4O4S/c31-25(20-10-13-35(33,34)14-11-20)28-23-5-1-18(2-6-23)19-3-7-24(8-4-19)29-26(32)30-16-21-9-12-27-15-22(21)17-30/h1,3-4,7-9,12,15,20,23H,2,5-6,10-11,13-14,16-17H2,(H,28,31)(H,29,32). The van der Waals surface area contributed by atoms with Gasteiger partial charge in [0.25, 0.3) is 0 Å². The van der Waals surface area contributed by atoms with Crippen LogP contribution in [0, 0.1) is 5.92 Å². The molecule has 2 N–H and O–H groups in total. The molecule has 1 saturated heterocycles. The van der Waals surface area contributed by atoms with E-state index in [1.165, 1.54) is 5.57 Å². The third-order valence-electron chi connectivity index (χ3n) is 7.20. The van der Waals surface area contributed by atoms with Crippen molar-refractivity contribution in [3.8, 4) is 0 Å². The van der Waals surface area contributed by atoms with E-state index in [1.807, 2.05) is 36.5 Å². The number of nitrogens with one attached hydrogen (secondary N) is 2. The molecule has 3 heterocycles. The lowest BCUT2D eigenvalue weighted by Gasteiger charge is -2.27. The fraction of sp³-hybridized carbons (Fsp3) is 0.423. The van der Waals surface area contributed by atoms with Crippen LogP contribution in [0.15, 0.2) is 48.8 Å². The number of pyridine rings is 1. The normalized spacial score (nSPS) is 21.7. The summed E-state index contributed by atoms with van der Waals surface area (Å²) in [5, 5.41) is 6.09. The Morgan fingerprint density at radius 3 is 2.40 bits per heavy atom. The molecule has 2 aliphatic heterocycles. The second kappa shape index (κ2) is 9.81. The molecule has 1 aromatic carbocycles. The van der Waals surface area contributed by atoms with Crippen molar-refractivity contribution in [2.45, 2.75) is 51.2 Å². The predicted octanol–water partition coefficient (Wildman–Crippen LogP) is 3.51. The molecule has 2 aromatic rings. The lowest BCUT2D eigenvalue weighted by Crippen LogP contribution is -2.42. The molecule has 0 saturated carbocycles. The number of allylic oxidation sites excluding steroid dienone is 1. The van der Waals surface area contributed by atoms with Gasteiger partial charge in [0.15, 0.2) is 0 Å². The Morgan fingerprint density at radius 1 is 0.971 bits per heavy atom. The first-order valence-electron chi connectivity index (χ1n) is 12.1. The number of nitrogens with zero attached hydrogens (tertiary/aromatic N) is 2. The molecule has 1 aromatic heterocycles. The van der Waals surface area contributed by atoms with Gasteiger partial charge >= 0.3 is 6.03 Å². The molecule has 0 radical (unpaired) electrons. The van der Waals surface area contributed by atoms with Gasteiger partial charge in [0.05, 0.1) is 11.5 Å². The van der Waals surface area contributed by atoms with Gasteiger partial charge in [-0.1, -0.05) is 18.2 Å². The van der Waals surface area contributed by atoms with Crippen molar-refractivity contribution in [1.29, 1.82) is 0 Å². The smallest absolute Gasteiger partial charge is 0.322 e. The molecule has 3 aliphatic rings. The topological polar surface area (TPSA) is 108 Å². The Hall–Kier alpha value is -3.20. The van der Waals surface area contributed by atoms with Crippen molar-refractivity contribution >= 4 is 33.0 Å². The molecule has 9 heteroatoms. The van der Waals surface area contributed by atoms with E-state index in [1.54, 1.807) is 11.1 Å². The summed E-state index contributed by atoms with van der Waals surface area (Å²) in [5.41, 5.74) is 5.33. The van der Waals surface area contributed by atoms with Crippen LogP contribution in [0.1, 0.15) is 48.8 Å². The van der Waals surface area contributed by atoms with Crippen molar-refractivity contribution in [1.82, 2.24) is 15.2 Å². The van der Waals surface area contributed by atoms with Crippen LogP contribution in [-0.2, 0) is 27.7 Å². The van der Waals surface area contributed by atoms with E-state index in [9.17, 15) is 18.0 Å². The minimum absolute atomic E-state index is 0.0146. The maximum atomic E-state index is 12.7. The van der Waals surface area contributed by atoms with Gasteiger partial charge in [-0.25, -0.2) is 13.2 Å². The number of carbonyl (C=O) groups is 2. The van der Waals surface area contributed by atoms with Crippen molar-refractivity contribution in [2.75, 3.05) is 16.8 Å². The summed E-state index contributed by atoms with van der Waals surface area (Å²) in [6.07, 6.45) is 9.05. The molecule has 35 heavy (non-hydrogen) atoms. The average molecular weight is 495 g/mol. The molecule has 3 amide bonds. The van der Waals surface area contributed by atoms with Gasteiger partial charge in [-0.05, 0) is 72.6 Å². The van der Waals surface area contributed by atoms with Gasteiger partial charge < -0.3 is 15.5 Å². The fourth-order valence-corrected chi connectivity index (χ4v) is 6.52. The van der Waals surface area contributed by atoms with E-state index in [-0.39, 0.29) is 35.4 Å². The highest BCUT2D eigenvalue weighted by Crippen LogP contribution is 2.29. The summed E-state index contributed by atoms with van der Waals surface area (Å²) >= 11 is 0. The summed E-state index contributed by atoms with van der Waals surface area (Å²) in [7, 11) is -2.96. The third-order valence-corrected chi connectivity index (χ3v) is 8.92. The first kappa shape index (κ1) is 23.5. The van der Waals surface area contributed by atoms with Crippen molar-refractivity contribution in [2.24, 2.45) is 5.92 Å². The number of amides is 3. The number of hydrogen-bond donors (Lipinski definition) is 2. The summed E-state index contributed by atoms with van der Waals surface area (Å²) in [5.74, 6) is 0.0102. The Kier molecular flexibility index (Phi) is 6.60. The highest BCUT2D eigenvalue weighted by atomic mass is 32.2. The van der Waals surface area contributed by atoms with Crippen molar-refractivity contribution in [3.63, 3.8) is 0 Å². The first-order chi connectivity index (χ1) is 16.9. The summed E-state index contributed by atoms with van der Waals surface area (Å²) < 4.78 is 23.2. The Morgan fingerprint density at radius 2 is 1.71 bits per heavy atom. The van der Waals surface area contributed by atoms with E-state index >= 15 is 0 Å². The molecule has 8 nitrogen and oxygen atoms in total. The second-order valence-corrected chi connectivity index (χ2v) is 11.9. The number of rotatable bonds is 4. The minimum Gasteiger partial charge on any atom is -0.353 e. The molecule has 184 valence electrons. The quantitative estimate of drug-likeness (QED) is 0.676. The van der Waals surface area contributed by atoms with Crippen LogP contribution in [0.25, 0.3) is 5.57 Å². The molecule has 1 unspecified atom stereocenters. The van der Waals surface area contributed by atoms with Gasteiger partial charge in [0, 0.05) is 43.1 Å². The third kappa shape index (κ3) is 5.56. The van der Waals surface area contributed by atoms with Crippen LogP contribution in [0.4, 0.5) is 10.5 Å². The molecule has 0 bridgehead atoms. The lowest BCUT2D eigenvalue weighted by atomic mass is 9.90. The van der Waals surface area contributed by atoms with Crippen LogP contribution in [-0.4, -0.2) is 47.8 Å². The monoisotopic (exact) mass is 494 g/mol. The zero-order valence-corrected chi connectivity index (χ0v) is 20.4. The molecule has 1 aliphatic carbocycles. The number of carbonyl (C=O) groups excluding carboxylic acids is 2. The predicted molar refractivity (Wildman–Crippen MR) is 134 cm³/mol. The lowest BCUT2D eigenvalue weighted by molar-refractivity contribution is -0.126. The van der Waals surface area contributed by atoms with Crippen molar-refractivity contribution in [3.05, 3.63) is 65.5 Å². The molecule has 1 fully saturated rings. The van der Waals surface area contributed by atoms with Crippen LogP contribution < -0.4 is 10.6 Å². The number of hydrogen-bond acceptors (Lipinski definition) is 5. The average Bonchev–Trinajstić information content (AvgIpc) is 3.30. The number of fused-ring (bicyclic) bond motifs is 1. The van der Waals surface area contributed by atoms with E-state index in [4.69, 9.17) is 0 Å². The van der Waals surface area contributed by atoms with Crippen molar-refractivity contribution < 1.29 is 18.0 Å². The Balaban J connectivity index is 1.11. The summed E-state index contributed by atoms with van der Waals surface area (Å²) in [6.45, 7) is 1.16. The van der Waals surface area contributed by atoms with Gasteiger partial charge in [-0.15, -0.1) is 0 Å². The highest BCUT2D eigenvalue weighted by Gasteiger charge is 2.30. The number of benzene rings is 1. The maximum absolute atomic E-state index is 12.7. The highest BCUT2D eigenvalue weighted by molar-refractivity contribution is 7.91. The maximum Gasteiger partial charge on any atom is 0.322 e. The SMILES string of the molecule is O=C(NC1CC=C(c2ccc(NC(=O)N3Cc4ccncc4C3)cc2)CC1)C1CCS(=O)(=O)CC1. The van der Waals surface area contributed by atoms with Crippen LogP contribution >= 0.6 is 0 Å². The molecule has 1 atom stereocenters. The second-order valence-electron chi connectivity index (χ2n) is 9.64. The largest absolute Gasteiger partial charge is 0.353 e. The number of urea groups is 1. The molecular weight excluding hydrogens is 464 g/mol. The zero-order chi connectivity index (χ0) is 24.4. The minimum atomic E-state index is -2.96. The Labute approximate surface area is 205 Å². The number of aromatic nitrogens is 1. The molecular formula is C26H30N4O4S. The van der Waals surface area contributed by atoms with E-state index in [0.717, 1.165) is 41.6 Å². The van der Waals surface area contributed by atoms with Crippen LogP contribution in [0.2, 0.25) is 0 Å². The number of sulfone groups is 1. The van der Waals surface area contributed by atoms with Gasteiger partial charge in [0.2, 0.25) is 5.91 Å². The molecule has 5 rings (SSSR count). The van der Waals surface area contributed by atoms with Gasteiger partial charge in [-0.3, -0.25) is 9.78 Å². The van der Waals surface area contributed by atoms with Crippen LogP contribution in [0.5, 0.6) is 0 Å². The van der Waals surface area contributed by atoms with Gasteiger partial charge in [0.1, 0.15) is 9.84 Å². The van der Waals surface area contributed by atoms with E-state index in [2.05, 4.69) is 21.7 Å². The molecule has 0 spiro atoms. The van der Waals surface area contributed by atoms with E-state index in [0.29, 0.717) is 25.9 Å². The van der Waals surface area contributed by atoms with E-state index < -0.39 is 9.84 Å². The van der Waals surface area contributed by atoms with Crippen LogP contribution in [0.3, 0.4) is 0 Å². The fourth-order valence-electron chi connectivity index (χ4n) is 5.03. The summed E-state index contributed by atoms with van der Waals surface area (Å²) in [6, 6.07) is 9.79. The van der Waals surface area contributed by atoms with Gasteiger partial charge in [-0.2, -0.15) is 0 Å². The number of anilines is 1. The summed E-state index contributed by atoms with van der Waals surface area (Å²) in [4.78, 5) is 31.1.